The third kappa shape index (κ3) is 5.79. The number of hydrogen-bond donors (Lipinski definition) is 1. The first-order valence-corrected chi connectivity index (χ1v) is 15.9. The van der Waals surface area contributed by atoms with E-state index in [0.29, 0.717) is 12.5 Å². The minimum absolute atomic E-state index is 0.175. The molecule has 39 heavy (non-hydrogen) atoms. The van der Waals surface area contributed by atoms with E-state index < -0.39 is 11.3 Å². The molecular weight excluding hydrogens is 484 g/mol. The highest BCUT2D eigenvalue weighted by atomic mass is 16.6. The molecule has 1 saturated carbocycles. The van der Waals surface area contributed by atoms with Crippen LogP contribution < -0.4 is 5.32 Å². The zero-order valence-corrected chi connectivity index (χ0v) is 24.1. The molecule has 1 amide bonds. The summed E-state index contributed by atoms with van der Waals surface area (Å²) in [4.78, 5) is 21.4. The second-order valence-electron chi connectivity index (χ2n) is 12.8. The number of piperazine rings is 1. The first-order chi connectivity index (χ1) is 19.1. The number of ether oxygens (including phenoxy) is 1. The van der Waals surface area contributed by atoms with Gasteiger partial charge in [-0.3, -0.25) is 19.5 Å². The zero-order valence-electron chi connectivity index (χ0n) is 24.1. The van der Waals surface area contributed by atoms with E-state index in [1.54, 1.807) is 0 Å². The van der Waals surface area contributed by atoms with Crippen molar-refractivity contribution in [2.75, 3.05) is 39.3 Å². The van der Waals surface area contributed by atoms with Gasteiger partial charge in [0.15, 0.2) is 5.72 Å². The number of benzene rings is 1. The Morgan fingerprint density at radius 3 is 2.10 bits per heavy atom. The number of likely N-dealkylation sites (tertiary alicyclic amines) is 2. The highest BCUT2D eigenvalue weighted by Crippen LogP contribution is 2.47. The number of rotatable bonds is 7. The van der Waals surface area contributed by atoms with Crippen LogP contribution in [0.15, 0.2) is 24.3 Å². The fraction of sp³-hybridized carbons (Fsp3) is 0.727. The lowest BCUT2D eigenvalue weighted by molar-refractivity contribution is -0.157. The number of epoxide rings is 1. The van der Waals surface area contributed by atoms with E-state index >= 15 is 0 Å². The van der Waals surface area contributed by atoms with Crippen molar-refractivity contribution in [3.63, 3.8) is 0 Å². The zero-order chi connectivity index (χ0) is 26.7. The molecule has 6 heteroatoms. The van der Waals surface area contributed by atoms with Crippen LogP contribution in [0, 0.1) is 17.8 Å². The standard InChI is InChI=1S/C33H48N4O2/c1-2-3-21-37-32(31(38)34-30(33(37)26-39-33)16-15-27-9-5-4-6-10-27)17-22-36(23-18-32)25-29-13-11-28(12-14-29)24-35-19-7-8-20-35/h11-14,27,30H,2-10,17-26H2,1H3,(H,34,38). The molecule has 4 aliphatic heterocycles. The van der Waals surface area contributed by atoms with Crippen molar-refractivity contribution < 1.29 is 9.53 Å². The molecule has 4 saturated heterocycles. The Morgan fingerprint density at radius 1 is 0.897 bits per heavy atom. The molecule has 1 aliphatic carbocycles. The molecule has 212 valence electrons. The summed E-state index contributed by atoms with van der Waals surface area (Å²) >= 11 is 0. The average molecular weight is 533 g/mol. The molecule has 1 aromatic rings. The van der Waals surface area contributed by atoms with Gasteiger partial charge in [-0.2, -0.15) is 0 Å². The van der Waals surface area contributed by atoms with Gasteiger partial charge in [-0.25, -0.2) is 0 Å². The van der Waals surface area contributed by atoms with Gasteiger partial charge in [-0.1, -0.05) is 68.7 Å². The molecule has 4 heterocycles. The van der Waals surface area contributed by atoms with Crippen LogP contribution in [0.5, 0.6) is 0 Å². The van der Waals surface area contributed by atoms with Gasteiger partial charge in [-0.05, 0) is 69.2 Å². The number of piperidine rings is 1. The van der Waals surface area contributed by atoms with E-state index in [0.717, 1.165) is 58.4 Å². The monoisotopic (exact) mass is 532 g/mol. The molecule has 5 aliphatic rings. The Labute approximate surface area is 235 Å². The van der Waals surface area contributed by atoms with E-state index in [1.165, 1.54) is 69.2 Å². The van der Waals surface area contributed by atoms with Gasteiger partial charge in [0.05, 0.1) is 6.61 Å². The molecule has 0 bridgehead atoms. The summed E-state index contributed by atoms with van der Waals surface area (Å²) in [7, 11) is 0. The minimum Gasteiger partial charge on any atom is -0.350 e. The molecule has 2 spiro atoms. The van der Waals surface area contributed by atoms with Crippen LogP contribution in [0.3, 0.4) is 0 Å². The first kappa shape index (κ1) is 27.3. The molecule has 6 nitrogen and oxygen atoms in total. The lowest BCUT2D eigenvalue weighted by Gasteiger charge is -2.54. The third-order valence-corrected chi connectivity index (χ3v) is 10.1. The second kappa shape index (κ2) is 11.9. The highest BCUT2D eigenvalue weighted by molar-refractivity contribution is 5.88. The van der Waals surface area contributed by atoms with Gasteiger partial charge < -0.3 is 10.1 Å². The second-order valence-corrected chi connectivity index (χ2v) is 12.8. The van der Waals surface area contributed by atoms with Crippen molar-refractivity contribution in [1.29, 1.82) is 0 Å². The maximum Gasteiger partial charge on any atom is 0.241 e. The normalized spacial score (nSPS) is 29.9. The molecule has 5 fully saturated rings. The van der Waals surface area contributed by atoms with Crippen LogP contribution in [0.4, 0.5) is 0 Å². The summed E-state index contributed by atoms with van der Waals surface area (Å²) in [5.41, 5.74) is 1.87. The van der Waals surface area contributed by atoms with Gasteiger partial charge in [0.1, 0.15) is 11.6 Å². The van der Waals surface area contributed by atoms with E-state index in [4.69, 9.17) is 4.74 Å². The van der Waals surface area contributed by atoms with Gasteiger partial charge in [-0.15, -0.1) is 0 Å². The highest BCUT2D eigenvalue weighted by Gasteiger charge is 2.67. The summed E-state index contributed by atoms with van der Waals surface area (Å²) in [5.74, 6) is 7.71. The quantitative estimate of drug-likeness (QED) is 0.413. The lowest BCUT2D eigenvalue weighted by atomic mass is 9.79. The molecule has 2 atom stereocenters. The van der Waals surface area contributed by atoms with Crippen LogP contribution in [0.25, 0.3) is 0 Å². The van der Waals surface area contributed by atoms with Crippen molar-refractivity contribution in [2.45, 2.75) is 108 Å². The molecule has 1 aromatic carbocycles. The van der Waals surface area contributed by atoms with Crippen molar-refractivity contribution in [3.05, 3.63) is 35.4 Å². The summed E-state index contributed by atoms with van der Waals surface area (Å²) in [6.45, 7) is 10.2. The maximum absolute atomic E-state index is 13.9. The van der Waals surface area contributed by atoms with E-state index in [9.17, 15) is 4.79 Å². The van der Waals surface area contributed by atoms with Crippen molar-refractivity contribution in [3.8, 4) is 11.8 Å². The van der Waals surface area contributed by atoms with Crippen LogP contribution in [0.1, 0.15) is 88.7 Å². The van der Waals surface area contributed by atoms with Gasteiger partial charge in [0.25, 0.3) is 0 Å². The Bertz CT molecular complexity index is 1040. The van der Waals surface area contributed by atoms with Crippen LogP contribution in [0.2, 0.25) is 0 Å². The van der Waals surface area contributed by atoms with Crippen LogP contribution >= 0.6 is 0 Å². The molecule has 2 unspecified atom stereocenters. The number of hydrogen-bond acceptors (Lipinski definition) is 5. The van der Waals surface area contributed by atoms with Crippen LogP contribution in [-0.2, 0) is 22.6 Å². The fourth-order valence-electron chi connectivity index (χ4n) is 7.52. The Morgan fingerprint density at radius 2 is 1.51 bits per heavy atom. The predicted octanol–water partition coefficient (Wildman–Crippen LogP) is 4.53. The smallest absolute Gasteiger partial charge is 0.241 e. The molecule has 0 aromatic heterocycles. The molecule has 1 N–H and O–H groups in total. The van der Waals surface area contributed by atoms with Crippen molar-refractivity contribution >= 4 is 5.91 Å². The van der Waals surface area contributed by atoms with E-state index in [2.05, 4.69) is 63.0 Å². The summed E-state index contributed by atoms with van der Waals surface area (Å²) in [6, 6.07) is 9.01. The van der Waals surface area contributed by atoms with E-state index in [1.807, 2.05) is 0 Å². The van der Waals surface area contributed by atoms with Crippen molar-refractivity contribution in [2.24, 2.45) is 5.92 Å². The van der Waals surface area contributed by atoms with Gasteiger partial charge >= 0.3 is 0 Å². The number of nitrogens with zero attached hydrogens (tertiary/aromatic N) is 3. The topological polar surface area (TPSA) is 51.4 Å². The SMILES string of the molecule is CCCCN1C2(CCN(Cc3ccc(CN4CCCC4)cc3)CC2)C(=O)NC(C#CC2CCCCC2)C12CO2. The first-order valence-electron chi connectivity index (χ1n) is 15.9. The van der Waals surface area contributed by atoms with Gasteiger partial charge in [0, 0.05) is 38.6 Å². The predicted molar refractivity (Wildman–Crippen MR) is 155 cm³/mol. The Balaban J connectivity index is 1.11. The Hall–Kier alpha value is -1.91. The summed E-state index contributed by atoms with van der Waals surface area (Å²) in [5, 5.41) is 3.37. The largest absolute Gasteiger partial charge is 0.350 e. The fourth-order valence-corrected chi connectivity index (χ4v) is 7.52. The van der Waals surface area contributed by atoms with Crippen molar-refractivity contribution in [1.82, 2.24) is 20.0 Å². The molecule has 0 radical (unpaired) electrons. The van der Waals surface area contributed by atoms with Gasteiger partial charge in [0.2, 0.25) is 5.91 Å². The third-order valence-electron chi connectivity index (χ3n) is 10.1. The lowest BCUT2D eigenvalue weighted by Crippen LogP contribution is -2.75. The minimum atomic E-state index is -0.481. The number of carbonyl (C=O) groups excluding carboxylic acids is 1. The Kier molecular flexibility index (Phi) is 8.33. The maximum atomic E-state index is 13.9. The summed E-state index contributed by atoms with van der Waals surface area (Å²) < 4.78 is 6.25. The summed E-state index contributed by atoms with van der Waals surface area (Å²) in [6.07, 6.45) is 12.9. The molecule has 6 rings (SSSR count). The van der Waals surface area contributed by atoms with E-state index in [-0.39, 0.29) is 11.9 Å². The molecular formula is C33H48N4O2. The average Bonchev–Trinajstić information content (AvgIpc) is 3.59. The number of nitrogens with one attached hydrogen (secondary N) is 1. The number of unbranched alkanes of at least 4 members (excludes halogenated alkanes) is 1. The number of carbonyl (C=O) groups is 1. The number of amides is 1. The van der Waals surface area contributed by atoms with Crippen LogP contribution in [-0.4, -0.2) is 77.2 Å².